The highest BCUT2D eigenvalue weighted by Gasteiger charge is 2.47. The van der Waals surface area contributed by atoms with Crippen molar-refractivity contribution in [1.82, 2.24) is 15.3 Å². The van der Waals surface area contributed by atoms with Gasteiger partial charge in [0.05, 0.1) is 0 Å². The first-order valence-electron chi connectivity index (χ1n) is 9.78. The van der Waals surface area contributed by atoms with Crippen LogP contribution in [0.5, 0.6) is 0 Å². The predicted molar refractivity (Wildman–Crippen MR) is 114 cm³/mol. The molecule has 1 N–H and O–H groups in total. The minimum Gasteiger partial charge on any atom is -0.345 e. The number of hydrazine groups is 1. The Balaban J connectivity index is 0.00000320. The number of rotatable bonds is 7. The molecule has 0 aliphatic carbocycles. The first-order chi connectivity index (χ1) is 13.8. The van der Waals surface area contributed by atoms with Gasteiger partial charge in [0.1, 0.15) is 6.61 Å². The summed E-state index contributed by atoms with van der Waals surface area (Å²) < 4.78 is 45.0. The fraction of sp³-hybridized carbons (Fsp3) is 0.455. The van der Waals surface area contributed by atoms with Crippen LogP contribution in [0.4, 0.5) is 13.2 Å². The Labute approximate surface area is 182 Å². The molecule has 1 aliphatic heterocycles. The fourth-order valence-electron chi connectivity index (χ4n) is 3.78. The monoisotopic (exact) mass is 443 g/mol. The number of hydrogen-bond acceptors (Lipinski definition) is 4. The number of benzene rings is 2. The molecular weight excluding hydrogens is 415 g/mol. The van der Waals surface area contributed by atoms with Crippen molar-refractivity contribution < 1.29 is 17.9 Å². The molecular formula is C22H29ClF3N3O. The van der Waals surface area contributed by atoms with Crippen molar-refractivity contribution in [2.24, 2.45) is 0 Å². The number of ether oxygens (including phenoxy) is 1. The van der Waals surface area contributed by atoms with E-state index in [0.29, 0.717) is 19.5 Å². The molecule has 2 aromatic rings. The summed E-state index contributed by atoms with van der Waals surface area (Å²) in [6.45, 7) is -0.240. The molecule has 1 aliphatic rings. The van der Waals surface area contributed by atoms with Crippen LogP contribution in [0, 0.1) is 0 Å². The molecule has 1 heterocycles. The van der Waals surface area contributed by atoms with Gasteiger partial charge in [-0.25, -0.2) is 10.4 Å². The summed E-state index contributed by atoms with van der Waals surface area (Å²) in [4.78, 5) is 2.11. The van der Waals surface area contributed by atoms with E-state index in [1.807, 2.05) is 79.8 Å². The van der Waals surface area contributed by atoms with Gasteiger partial charge in [0.2, 0.25) is 0 Å². The molecule has 30 heavy (non-hydrogen) atoms. The number of nitrogens with one attached hydrogen (secondary N) is 1. The van der Waals surface area contributed by atoms with Crippen molar-refractivity contribution in [1.29, 1.82) is 0 Å². The van der Waals surface area contributed by atoms with E-state index >= 15 is 0 Å². The lowest BCUT2D eigenvalue weighted by Crippen LogP contribution is -2.62. The first-order valence-corrected chi connectivity index (χ1v) is 9.78. The van der Waals surface area contributed by atoms with Crippen molar-refractivity contribution >= 4 is 12.4 Å². The van der Waals surface area contributed by atoms with Crippen LogP contribution in [0.2, 0.25) is 0 Å². The Morgan fingerprint density at radius 1 is 1.07 bits per heavy atom. The van der Waals surface area contributed by atoms with Gasteiger partial charge in [-0.05, 0) is 38.1 Å². The molecule has 166 valence electrons. The molecule has 4 nitrogen and oxygen atoms in total. The highest BCUT2D eigenvalue weighted by molar-refractivity contribution is 5.85. The third-order valence-electron chi connectivity index (χ3n) is 5.39. The third-order valence-corrected chi connectivity index (χ3v) is 5.39. The van der Waals surface area contributed by atoms with E-state index in [2.05, 4.69) is 10.3 Å². The normalized spacial score (nSPS) is 22.7. The highest BCUT2D eigenvalue weighted by atomic mass is 35.5. The van der Waals surface area contributed by atoms with Gasteiger partial charge in [0.25, 0.3) is 0 Å². The lowest BCUT2D eigenvalue weighted by Gasteiger charge is -2.50. The van der Waals surface area contributed by atoms with Gasteiger partial charge in [-0.3, -0.25) is 0 Å². The van der Waals surface area contributed by atoms with E-state index in [9.17, 15) is 13.2 Å². The quantitative estimate of drug-likeness (QED) is 0.678. The topological polar surface area (TPSA) is 27.7 Å². The Morgan fingerprint density at radius 2 is 1.67 bits per heavy atom. The first kappa shape index (κ1) is 24.6. The van der Waals surface area contributed by atoms with Crippen LogP contribution in [0.1, 0.15) is 24.0 Å². The van der Waals surface area contributed by atoms with Crippen molar-refractivity contribution in [3.63, 3.8) is 0 Å². The molecule has 8 heteroatoms. The van der Waals surface area contributed by atoms with Crippen LogP contribution >= 0.6 is 12.4 Å². The van der Waals surface area contributed by atoms with Gasteiger partial charge >= 0.3 is 6.18 Å². The van der Waals surface area contributed by atoms with E-state index < -0.39 is 18.5 Å². The van der Waals surface area contributed by atoms with E-state index in [-0.39, 0.29) is 18.4 Å². The van der Waals surface area contributed by atoms with Crippen LogP contribution in [-0.4, -0.2) is 49.4 Å². The fourth-order valence-corrected chi connectivity index (χ4v) is 3.78. The van der Waals surface area contributed by atoms with E-state index in [1.54, 1.807) is 0 Å². The molecule has 3 rings (SSSR count). The SMILES string of the molecule is CN(C)C1CCC(OCC(F)(F)F)(c2ccccc2)N(NCc2ccccc2)C1.Cl. The molecule has 0 spiro atoms. The maximum Gasteiger partial charge on any atom is 0.411 e. The van der Waals surface area contributed by atoms with Gasteiger partial charge in [-0.15, -0.1) is 12.4 Å². The second-order valence-corrected chi connectivity index (χ2v) is 7.64. The predicted octanol–water partition coefficient (Wildman–Crippen LogP) is 4.57. The summed E-state index contributed by atoms with van der Waals surface area (Å²) in [5.74, 6) is 0. The van der Waals surface area contributed by atoms with Gasteiger partial charge in [-0.1, -0.05) is 60.7 Å². The van der Waals surface area contributed by atoms with Crippen LogP contribution in [0.15, 0.2) is 60.7 Å². The molecule has 2 unspecified atom stereocenters. The van der Waals surface area contributed by atoms with E-state index in [1.165, 1.54) is 0 Å². The Hall–Kier alpha value is -1.64. The molecule has 1 saturated heterocycles. The highest BCUT2D eigenvalue weighted by Crippen LogP contribution is 2.40. The summed E-state index contributed by atoms with van der Waals surface area (Å²) in [5, 5.41) is 1.86. The maximum absolute atomic E-state index is 13.1. The zero-order valence-corrected chi connectivity index (χ0v) is 18.0. The zero-order valence-electron chi connectivity index (χ0n) is 17.2. The van der Waals surface area contributed by atoms with Gasteiger partial charge in [-0.2, -0.15) is 13.2 Å². The van der Waals surface area contributed by atoms with E-state index in [4.69, 9.17) is 4.74 Å². The number of hydrogen-bond donors (Lipinski definition) is 1. The van der Waals surface area contributed by atoms with Crippen molar-refractivity contribution in [3.05, 3.63) is 71.8 Å². The molecule has 0 bridgehead atoms. The molecule has 0 saturated carbocycles. The van der Waals surface area contributed by atoms with E-state index in [0.717, 1.165) is 17.5 Å². The molecule has 0 aromatic heterocycles. The largest absolute Gasteiger partial charge is 0.411 e. The maximum atomic E-state index is 13.1. The minimum atomic E-state index is -4.40. The number of alkyl halides is 3. The number of likely N-dealkylation sites (N-methyl/N-ethyl adjacent to an activating group) is 1. The molecule has 0 radical (unpaired) electrons. The molecule has 1 fully saturated rings. The van der Waals surface area contributed by atoms with Crippen LogP contribution in [-0.2, 0) is 17.0 Å². The average molecular weight is 444 g/mol. The minimum absolute atomic E-state index is 0. The third kappa shape index (κ3) is 6.18. The second kappa shape index (κ2) is 10.6. The Morgan fingerprint density at radius 3 is 2.23 bits per heavy atom. The van der Waals surface area contributed by atoms with Gasteiger partial charge < -0.3 is 9.64 Å². The number of nitrogens with zero attached hydrogens (tertiary/aromatic N) is 2. The number of halogens is 4. The van der Waals surface area contributed by atoms with Crippen molar-refractivity contribution in [3.8, 4) is 0 Å². The lowest BCUT2D eigenvalue weighted by atomic mass is 9.89. The number of piperidine rings is 1. The van der Waals surface area contributed by atoms with Gasteiger partial charge in [0.15, 0.2) is 5.72 Å². The second-order valence-electron chi connectivity index (χ2n) is 7.64. The van der Waals surface area contributed by atoms with Crippen LogP contribution in [0.25, 0.3) is 0 Å². The summed E-state index contributed by atoms with van der Waals surface area (Å²) in [7, 11) is 3.98. The van der Waals surface area contributed by atoms with Gasteiger partial charge in [0, 0.05) is 19.1 Å². The summed E-state index contributed by atoms with van der Waals surface area (Å²) in [5.41, 5.74) is 3.96. The Kier molecular flexibility index (Phi) is 8.70. The summed E-state index contributed by atoms with van der Waals surface area (Å²) in [6.07, 6.45) is -3.20. The molecule has 2 atom stereocenters. The van der Waals surface area contributed by atoms with Crippen molar-refractivity contribution in [2.45, 2.75) is 37.3 Å². The standard InChI is InChI=1S/C22H28F3N3O.ClH/c1-27(2)20-13-14-21(29-17-22(23,24)25,19-11-7-4-8-12-19)28(16-20)26-15-18-9-5-3-6-10-18;/h3-12,20,26H,13-17H2,1-2H3;1H. The Bertz CT molecular complexity index is 761. The van der Waals surface area contributed by atoms with Crippen LogP contribution < -0.4 is 5.43 Å². The average Bonchev–Trinajstić information content (AvgIpc) is 2.71. The van der Waals surface area contributed by atoms with Crippen LogP contribution in [0.3, 0.4) is 0 Å². The summed E-state index contributed by atoms with van der Waals surface area (Å²) >= 11 is 0. The smallest absolute Gasteiger partial charge is 0.345 e. The molecule has 2 aromatic carbocycles. The van der Waals surface area contributed by atoms with Crippen molar-refractivity contribution in [2.75, 3.05) is 27.2 Å². The molecule has 0 amide bonds. The lowest BCUT2D eigenvalue weighted by molar-refractivity contribution is -0.269. The summed E-state index contributed by atoms with van der Waals surface area (Å²) in [6, 6.07) is 19.2. The zero-order chi connectivity index (χ0) is 20.9.